The second-order valence-corrected chi connectivity index (χ2v) is 5.55. The highest BCUT2D eigenvalue weighted by Crippen LogP contribution is 2.26. The maximum atomic E-state index is 13.7. The summed E-state index contributed by atoms with van der Waals surface area (Å²) in [5, 5.41) is 9.79. The van der Waals surface area contributed by atoms with Gasteiger partial charge in [0.2, 0.25) is 0 Å². The molecule has 1 heterocycles. The fourth-order valence-corrected chi connectivity index (χ4v) is 2.93. The highest BCUT2D eigenvalue weighted by Gasteiger charge is 2.34. The van der Waals surface area contributed by atoms with Gasteiger partial charge >= 0.3 is 5.97 Å². The zero-order chi connectivity index (χ0) is 14.0. The molecule has 0 bridgehead atoms. The normalized spacial score (nSPS) is 24.4. The lowest BCUT2D eigenvalue weighted by Gasteiger charge is -2.37. The number of halogens is 2. The van der Waals surface area contributed by atoms with Crippen LogP contribution in [0.2, 0.25) is 5.02 Å². The number of likely N-dealkylation sites (tertiary alicyclic amines) is 1. The van der Waals surface area contributed by atoms with Crippen LogP contribution >= 0.6 is 11.6 Å². The van der Waals surface area contributed by atoms with E-state index in [1.807, 2.05) is 11.8 Å². The van der Waals surface area contributed by atoms with Gasteiger partial charge < -0.3 is 5.11 Å². The smallest absolute Gasteiger partial charge is 0.321 e. The number of aliphatic carboxylic acids is 1. The van der Waals surface area contributed by atoms with Crippen molar-refractivity contribution in [2.24, 2.45) is 5.92 Å². The quantitative estimate of drug-likeness (QED) is 0.927. The number of hydrogen-bond acceptors (Lipinski definition) is 2. The monoisotopic (exact) mass is 285 g/mol. The molecule has 0 radical (unpaired) electrons. The molecule has 1 aromatic carbocycles. The van der Waals surface area contributed by atoms with E-state index in [2.05, 4.69) is 0 Å². The van der Waals surface area contributed by atoms with Gasteiger partial charge in [-0.15, -0.1) is 0 Å². The van der Waals surface area contributed by atoms with Gasteiger partial charge in [-0.05, 0) is 43.5 Å². The topological polar surface area (TPSA) is 40.5 Å². The number of carboxylic acids is 1. The number of rotatable bonds is 3. The number of piperidine rings is 1. The molecular formula is C14H17ClFNO2. The van der Waals surface area contributed by atoms with Crippen LogP contribution in [0, 0.1) is 11.7 Å². The predicted molar refractivity (Wildman–Crippen MR) is 71.6 cm³/mol. The summed E-state index contributed by atoms with van der Waals surface area (Å²) in [7, 11) is 0. The number of carbonyl (C=O) groups is 1. The first-order valence-electron chi connectivity index (χ1n) is 6.40. The molecule has 2 unspecified atom stereocenters. The zero-order valence-electron chi connectivity index (χ0n) is 10.8. The fraction of sp³-hybridized carbons (Fsp3) is 0.500. The number of benzene rings is 1. The molecule has 2 rings (SSSR count). The van der Waals surface area contributed by atoms with Crippen LogP contribution in [-0.2, 0) is 11.3 Å². The van der Waals surface area contributed by atoms with Crippen LogP contribution in [0.1, 0.15) is 25.3 Å². The third kappa shape index (κ3) is 3.25. The average Bonchev–Trinajstić information content (AvgIpc) is 2.33. The van der Waals surface area contributed by atoms with Crippen molar-refractivity contribution in [3.63, 3.8) is 0 Å². The van der Waals surface area contributed by atoms with Gasteiger partial charge in [-0.1, -0.05) is 18.5 Å². The van der Waals surface area contributed by atoms with Crippen molar-refractivity contribution < 1.29 is 14.3 Å². The van der Waals surface area contributed by atoms with Crippen molar-refractivity contribution in [1.82, 2.24) is 4.90 Å². The molecule has 19 heavy (non-hydrogen) atoms. The van der Waals surface area contributed by atoms with E-state index in [1.165, 1.54) is 12.1 Å². The minimum absolute atomic E-state index is 0.0773. The Morgan fingerprint density at radius 2 is 2.32 bits per heavy atom. The summed E-state index contributed by atoms with van der Waals surface area (Å²) in [6.45, 7) is 2.89. The first kappa shape index (κ1) is 14.3. The lowest BCUT2D eigenvalue weighted by molar-refractivity contribution is -0.147. The Morgan fingerprint density at radius 3 is 3.00 bits per heavy atom. The summed E-state index contributed by atoms with van der Waals surface area (Å²) in [5.41, 5.74) is 0.452. The van der Waals surface area contributed by atoms with Crippen LogP contribution in [0.5, 0.6) is 0 Å². The third-order valence-corrected chi connectivity index (χ3v) is 3.91. The molecule has 0 aromatic heterocycles. The number of nitrogens with zero attached hydrogens (tertiary/aromatic N) is 1. The molecule has 1 N–H and O–H groups in total. The van der Waals surface area contributed by atoms with Gasteiger partial charge in [0.25, 0.3) is 0 Å². The molecule has 0 saturated carbocycles. The minimum Gasteiger partial charge on any atom is -0.480 e. The standard InChI is InChI=1S/C14H17ClFNO2/c1-9-3-2-6-17(13(9)14(18)19)8-10-7-11(15)4-5-12(10)16/h4-5,7,9,13H,2-3,6,8H2,1H3,(H,18,19). The maximum Gasteiger partial charge on any atom is 0.321 e. The summed E-state index contributed by atoms with van der Waals surface area (Å²) in [6.07, 6.45) is 1.83. The van der Waals surface area contributed by atoms with Gasteiger partial charge in [-0.25, -0.2) is 4.39 Å². The van der Waals surface area contributed by atoms with E-state index in [9.17, 15) is 14.3 Å². The van der Waals surface area contributed by atoms with Crippen molar-refractivity contribution >= 4 is 17.6 Å². The van der Waals surface area contributed by atoms with Gasteiger partial charge in [0, 0.05) is 17.1 Å². The molecule has 3 nitrogen and oxygen atoms in total. The van der Waals surface area contributed by atoms with Gasteiger partial charge in [0.1, 0.15) is 11.9 Å². The Morgan fingerprint density at radius 1 is 1.58 bits per heavy atom. The van der Waals surface area contributed by atoms with Crippen LogP contribution in [0.25, 0.3) is 0 Å². The predicted octanol–water partition coefficient (Wildman–Crippen LogP) is 3.16. The van der Waals surface area contributed by atoms with Crippen molar-refractivity contribution in [1.29, 1.82) is 0 Å². The van der Waals surface area contributed by atoms with Gasteiger partial charge in [0.15, 0.2) is 0 Å². The fourth-order valence-electron chi connectivity index (χ4n) is 2.73. The first-order chi connectivity index (χ1) is 8.99. The Hall–Kier alpha value is -1.13. The second-order valence-electron chi connectivity index (χ2n) is 5.11. The summed E-state index contributed by atoms with van der Waals surface area (Å²) in [4.78, 5) is 13.2. The van der Waals surface area contributed by atoms with Crippen LogP contribution in [0.4, 0.5) is 4.39 Å². The Kier molecular flexibility index (Phi) is 4.42. The van der Waals surface area contributed by atoms with Gasteiger partial charge in [-0.3, -0.25) is 9.69 Å². The van der Waals surface area contributed by atoms with Crippen LogP contribution in [0.3, 0.4) is 0 Å². The third-order valence-electron chi connectivity index (χ3n) is 3.67. The molecule has 5 heteroatoms. The summed E-state index contributed by atoms with van der Waals surface area (Å²) >= 11 is 5.86. The number of carboxylic acid groups (broad SMARTS) is 1. The lowest BCUT2D eigenvalue weighted by Crippen LogP contribution is -2.48. The minimum atomic E-state index is -0.838. The molecular weight excluding hydrogens is 269 g/mol. The molecule has 1 aliphatic heterocycles. The van der Waals surface area contributed by atoms with E-state index in [-0.39, 0.29) is 18.3 Å². The summed E-state index contributed by atoms with van der Waals surface area (Å²) < 4.78 is 13.7. The van der Waals surface area contributed by atoms with Gasteiger partial charge in [0.05, 0.1) is 0 Å². The van der Waals surface area contributed by atoms with Crippen molar-refractivity contribution in [2.45, 2.75) is 32.4 Å². The average molecular weight is 286 g/mol. The molecule has 1 aliphatic rings. The molecule has 1 fully saturated rings. The summed E-state index contributed by atoms with van der Waals surface area (Å²) in [6, 6.07) is 3.83. The van der Waals surface area contributed by atoms with Crippen molar-refractivity contribution in [2.75, 3.05) is 6.54 Å². The Bertz CT molecular complexity index is 481. The maximum absolute atomic E-state index is 13.7. The van der Waals surface area contributed by atoms with E-state index in [1.54, 1.807) is 6.07 Å². The van der Waals surface area contributed by atoms with E-state index in [0.29, 0.717) is 17.1 Å². The molecule has 1 aromatic rings. The first-order valence-corrected chi connectivity index (χ1v) is 6.77. The van der Waals surface area contributed by atoms with Crippen molar-refractivity contribution in [3.05, 3.63) is 34.6 Å². The van der Waals surface area contributed by atoms with Crippen LogP contribution < -0.4 is 0 Å². The SMILES string of the molecule is CC1CCCN(Cc2cc(Cl)ccc2F)C1C(=O)O. The molecule has 104 valence electrons. The molecule has 0 aliphatic carbocycles. The van der Waals surface area contributed by atoms with Crippen LogP contribution in [-0.4, -0.2) is 28.6 Å². The molecule has 1 saturated heterocycles. The van der Waals surface area contributed by atoms with E-state index in [4.69, 9.17) is 11.6 Å². The number of hydrogen-bond donors (Lipinski definition) is 1. The molecule has 0 spiro atoms. The van der Waals surface area contributed by atoms with E-state index < -0.39 is 12.0 Å². The molecule has 2 atom stereocenters. The highest BCUT2D eigenvalue weighted by molar-refractivity contribution is 6.30. The highest BCUT2D eigenvalue weighted by atomic mass is 35.5. The van der Waals surface area contributed by atoms with Crippen molar-refractivity contribution in [3.8, 4) is 0 Å². The van der Waals surface area contributed by atoms with Crippen LogP contribution in [0.15, 0.2) is 18.2 Å². The Labute approximate surface area is 117 Å². The Balaban J connectivity index is 2.20. The lowest BCUT2D eigenvalue weighted by atomic mass is 9.90. The largest absolute Gasteiger partial charge is 0.480 e. The van der Waals surface area contributed by atoms with E-state index >= 15 is 0 Å². The molecule has 0 amide bonds. The second kappa shape index (κ2) is 5.88. The van der Waals surface area contributed by atoms with E-state index in [0.717, 1.165) is 12.8 Å². The summed E-state index contributed by atoms with van der Waals surface area (Å²) in [5.74, 6) is -1.10. The zero-order valence-corrected chi connectivity index (χ0v) is 11.5. The van der Waals surface area contributed by atoms with Gasteiger partial charge in [-0.2, -0.15) is 0 Å².